The number of rotatable bonds is 11. The average Bonchev–Trinajstić information content (AvgIpc) is 3.42. The van der Waals surface area contributed by atoms with Gasteiger partial charge < -0.3 is 25.6 Å². The van der Waals surface area contributed by atoms with E-state index in [1.54, 1.807) is 5.32 Å². The number of ketones is 1. The number of nitrogens with zero attached hydrogens (tertiary/aromatic N) is 4. The van der Waals surface area contributed by atoms with Gasteiger partial charge in [-0.3, -0.25) is 28.5 Å². The predicted molar refractivity (Wildman–Crippen MR) is 143 cm³/mol. The number of hydrogen-bond acceptors (Lipinski definition) is 8. The summed E-state index contributed by atoms with van der Waals surface area (Å²) in [5.41, 5.74) is -0.434. The van der Waals surface area contributed by atoms with Crippen molar-refractivity contribution in [2.75, 3.05) is 19.7 Å². The van der Waals surface area contributed by atoms with Crippen LogP contribution in [0.2, 0.25) is 0 Å². The number of carbonyl (C=O) groups is 5. The van der Waals surface area contributed by atoms with E-state index in [0.29, 0.717) is 17.5 Å². The Labute approximate surface area is 259 Å². The fourth-order valence-electron chi connectivity index (χ4n) is 6.33. The van der Waals surface area contributed by atoms with Crippen molar-refractivity contribution in [3.8, 4) is 6.01 Å². The molecular formula is C27H35F6N7O6. The van der Waals surface area contributed by atoms with Crippen molar-refractivity contribution in [2.45, 2.75) is 71.0 Å². The van der Waals surface area contributed by atoms with Crippen molar-refractivity contribution in [1.82, 2.24) is 35.6 Å². The van der Waals surface area contributed by atoms with Crippen molar-refractivity contribution in [3.63, 3.8) is 0 Å². The van der Waals surface area contributed by atoms with Crippen molar-refractivity contribution in [3.05, 3.63) is 5.82 Å². The van der Waals surface area contributed by atoms with Gasteiger partial charge in [-0.15, -0.1) is 5.10 Å². The van der Waals surface area contributed by atoms with Crippen LogP contribution in [0.5, 0.6) is 6.01 Å². The zero-order valence-corrected chi connectivity index (χ0v) is 25.6. The quantitative estimate of drug-likeness (QED) is 0.294. The third-order valence-corrected chi connectivity index (χ3v) is 9.06. The molecule has 6 atom stereocenters. The van der Waals surface area contributed by atoms with Crippen molar-refractivity contribution in [1.29, 1.82) is 0 Å². The minimum atomic E-state index is -5.25. The molecule has 3 fully saturated rings. The summed E-state index contributed by atoms with van der Waals surface area (Å²) in [6, 6.07) is -4.84. The summed E-state index contributed by atoms with van der Waals surface area (Å²) in [5, 5.41) is 13.2. The summed E-state index contributed by atoms with van der Waals surface area (Å²) in [6.45, 7) is 6.05. The van der Waals surface area contributed by atoms with Gasteiger partial charge in [-0.2, -0.15) is 26.3 Å². The number of nitrogens with one attached hydrogen (secondary N) is 3. The number of fused-ring (bicyclic) bond motifs is 1. The highest BCUT2D eigenvalue weighted by molar-refractivity contribution is 5.97. The summed E-state index contributed by atoms with van der Waals surface area (Å²) in [7, 11) is 0.978. The molecule has 3 aliphatic rings. The first-order chi connectivity index (χ1) is 21.2. The fourth-order valence-corrected chi connectivity index (χ4v) is 6.33. The summed E-state index contributed by atoms with van der Waals surface area (Å²) in [5.74, 6) is -8.70. The SMILES string of the molecule is CC(C)C(NC(=O)C(F)(F)F)C(=O)N1C[C@H]2[C@@H](C1C(=O)N[C@@H](C[C@@H]1CCNC1=O)C(=O)COc1nnc(C(F)(F)F)n1C)C2(C)C. The van der Waals surface area contributed by atoms with Crippen LogP contribution in [0.3, 0.4) is 0 Å². The van der Waals surface area contributed by atoms with Gasteiger partial charge in [0, 0.05) is 26.1 Å². The molecule has 3 heterocycles. The topological polar surface area (TPSA) is 165 Å². The molecule has 4 amide bonds. The Balaban J connectivity index is 1.55. The molecule has 0 aromatic carbocycles. The lowest BCUT2D eigenvalue weighted by molar-refractivity contribution is -0.175. The molecule has 0 bridgehead atoms. The summed E-state index contributed by atoms with van der Waals surface area (Å²) < 4.78 is 84.0. The van der Waals surface area contributed by atoms with Crippen molar-refractivity contribution in [2.24, 2.45) is 36.1 Å². The fraction of sp³-hybridized carbons (Fsp3) is 0.741. The molecule has 1 aromatic rings. The Morgan fingerprint density at radius 3 is 2.26 bits per heavy atom. The van der Waals surface area contributed by atoms with E-state index in [9.17, 15) is 50.3 Å². The van der Waals surface area contributed by atoms with E-state index in [2.05, 4.69) is 20.8 Å². The zero-order valence-electron chi connectivity index (χ0n) is 25.6. The molecule has 0 spiro atoms. The molecule has 0 radical (unpaired) electrons. The lowest BCUT2D eigenvalue weighted by Gasteiger charge is -2.35. The highest BCUT2D eigenvalue weighted by Gasteiger charge is 2.69. The molecule has 256 valence electrons. The maximum absolute atomic E-state index is 13.9. The van der Waals surface area contributed by atoms with Gasteiger partial charge in [0.1, 0.15) is 12.1 Å². The first kappa shape index (κ1) is 34.9. The maximum atomic E-state index is 13.9. The number of Topliss-reactive ketones (excluding diaryl/α,β-unsaturated/α-hetero) is 1. The van der Waals surface area contributed by atoms with Crippen LogP contribution in [0.25, 0.3) is 0 Å². The minimum absolute atomic E-state index is 0.0140. The van der Waals surface area contributed by atoms with Gasteiger partial charge in [-0.1, -0.05) is 32.8 Å². The largest absolute Gasteiger partial charge is 0.471 e. The number of ether oxygens (including phenoxy) is 1. The van der Waals surface area contributed by atoms with Crippen LogP contribution in [-0.2, 0) is 37.2 Å². The number of piperidine rings is 1. The second-order valence-corrected chi connectivity index (χ2v) is 12.8. The van der Waals surface area contributed by atoms with Crippen LogP contribution in [0.1, 0.15) is 46.4 Å². The Morgan fingerprint density at radius 2 is 1.74 bits per heavy atom. The van der Waals surface area contributed by atoms with E-state index >= 15 is 0 Å². The second kappa shape index (κ2) is 12.4. The zero-order chi connectivity index (χ0) is 34.5. The van der Waals surface area contributed by atoms with Crippen LogP contribution in [0.15, 0.2) is 0 Å². The second-order valence-electron chi connectivity index (χ2n) is 12.8. The van der Waals surface area contributed by atoms with Gasteiger partial charge in [0.25, 0.3) is 0 Å². The number of aromatic nitrogens is 3. The normalized spacial score (nSPS) is 25.0. The lowest BCUT2D eigenvalue weighted by atomic mass is 9.94. The third kappa shape index (κ3) is 6.91. The molecule has 2 saturated heterocycles. The van der Waals surface area contributed by atoms with Crippen LogP contribution in [-0.4, -0.2) is 93.1 Å². The number of amides is 4. The van der Waals surface area contributed by atoms with Gasteiger partial charge in [0.05, 0.1) is 6.04 Å². The standard InChI is InChI=1S/C27H35F6N7O6/c1-11(2)17(36-23(45)27(31,32)33)21(44)40-9-13-16(25(13,3)4)18(40)20(43)35-14(8-12-6-7-34-19(12)42)15(41)10-46-24-38-37-22(39(24)5)26(28,29)30/h11-14,16-18H,6-10H2,1-5H3,(H,34,42)(H,35,43)(H,36,45)/t12-,13-,14-,16-,17?,18?/m0/s1. The highest BCUT2D eigenvalue weighted by Crippen LogP contribution is 2.65. The molecule has 1 aromatic heterocycles. The highest BCUT2D eigenvalue weighted by atomic mass is 19.4. The Morgan fingerprint density at radius 1 is 1.09 bits per heavy atom. The monoisotopic (exact) mass is 667 g/mol. The summed E-state index contributed by atoms with van der Waals surface area (Å²) in [4.78, 5) is 65.9. The van der Waals surface area contributed by atoms with Gasteiger partial charge >= 0.3 is 24.3 Å². The number of hydrogen-bond donors (Lipinski definition) is 3. The van der Waals surface area contributed by atoms with E-state index in [0.717, 1.165) is 11.9 Å². The van der Waals surface area contributed by atoms with Crippen LogP contribution < -0.4 is 20.7 Å². The molecule has 4 rings (SSSR count). The molecule has 1 aliphatic carbocycles. The summed E-state index contributed by atoms with van der Waals surface area (Å²) >= 11 is 0. The van der Waals surface area contributed by atoms with Gasteiger partial charge in [-0.25, -0.2) is 0 Å². The molecule has 13 nitrogen and oxygen atoms in total. The summed E-state index contributed by atoms with van der Waals surface area (Å²) in [6.07, 6.45) is -9.96. The first-order valence-electron chi connectivity index (χ1n) is 14.5. The van der Waals surface area contributed by atoms with Crippen LogP contribution in [0, 0.1) is 29.1 Å². The molecule has 2 unspecified atom stereocenters. The van der Waals surface area contributed by atoms with Crippen LogP contribution >= 0.6 is 0 Å². The molecular weight excluding hydrogens is 632 g/mol. The van der Waals surface area contributed by atoms with Gasteiger partial charge in [-0.05, 0) is 36.0 Å². The predicted octanol–water partition coefficient (Wildman–Crippen LogP) is 0.979. The van der Waals surface area contributed by atoms with Crippen LogP contribution in [0.4, 0.5) is 26.3 Å². The number of carbonyl (C=O) groups excluding carboxylic acids is 5. The molecule has 1 saturated carbocycles. The third-order valence-electron chi connectivity index (χ3n) is 9.06. The number of halogens is 6. The van der Waals surface area contributed by atoms with Gasteiger partial charge in [0.15, 0.2) is 12.4 Å². The number of alkyl halides is 6. The lowest BCUT2D eigenvalue weighted by Crippen LogP contribution is -2.59. The first-order valence-corrected chi connectivity index (χ1v) is 14.5. The van der Waals surface area contributed by atoms with Crippen molar-refractivity contribution >= 4 is 29.4 Å². The van der Waals surface area contributed by atoms with Crippen molar-refractivity contribution < 1.29 is 55.1 Å². The molecule has 3 N–H and O–H groups in total. The average molecular weight is 668 g/mol. The van der Waals surface area contributed by atoms with Gasteiger partial charge in [0.2, 0.25) is 23.5 Å². The molecule has 2 aliphatic heterocycles. The smallest absolute Gasteiger partial charge is 0.455 e. The number of likely N-dealkylation sites (tertiary alicyclic amines) is 1. The Bertz CT molecular complexity index is 1390. The van der Waals surface area contributed by atoms with E-state index in [-0.39, 0.29) is 24.8 Å². The Kier molecular flexibility index (Phi) is 9.38. The molecule has 46 heavy (non-hydrogen) atoms. The van der Waals surface area contributed by atoms with E-state index in [1.165, 1.54) is 13.8 Å². The Hall–Kier alpha value is -3.93. The van der Waals surface area contributed by atoms with E-state index in [4.69, 9.17) is 4.74 Å². The maximum Gasteiger partial charge on any atom is 0.471 e. The van der Waals surface area contributed by atoms with E-state index < -0.39 is 95.6 Å². The van der Waals surface area contributed by atoms with E-state index in [1.807, 2.05) is 13.8 Å². The minimum Gasteiger partial charge on any atom is -0.455 e. The molecule has 19 heteroatoms.